The molecule has 22 heavy (non-hydrogen) atoms. The molecule has 0 aliphatic rings. The molecule has 2 aromatic rings. The third kappa shape index (κ3) is 3.92. The fourth-order valence-electron chi connectivity index (χ4n) is 2.15. The Bertz CT molecular complexity index is 720. The Balaban J connectivity index is 2.19. The SMILES string of the molecule is Cc1nn(CCN(C)C)c(C)c1S(=O)(=O)NCc1cscn1. The van der Waals surface area contributed by atoms with E-state index in [9.17, 15) is 8.42 Å². The summed E-state index contributed by atoms with van der Waals surface area (Å²) in [6.45, 7) is 5.15. The summed E-state index contributed by atoms with van der Waals surface area (Å²) >= 11 is 1.44. The second kappa shape index (κ2) is 6.86. The maximum Gasteiger partial charge on any atom is 0.244 e. The smallest absolute Gasteiger partial charge is 0.244 e. The van der Waals surface area contributed by atoms with Gasteiger partial charge < -0.3 is 4.90 Å². The second-order valence-corrected chi connectivity index (χ2v) is 7.75. The fourth-order valence-corrected chi connectivity index (χ4v) is 4.11. The van der Waals surface area contributed by atoms with Crippen LogP contribution in [0.1, 0.15) is 17.1 Å². The summed E-state index contributed by atoms with van der Waals surface area (Å²) in [4.78, 5) is 6.38. The molecule has 0 atom stereocenters. The first-order chi connectivity index (χ1) is 10.3. The summed E-state index contributed by atoms with van der Waals surface area (Å²) in [7, 11) is 0.344. The minimum Gasteiger partial charge on any atom is -0.308 e. The van der Waals surface area contributed by atoms with E-state index in [4.69, 9.17) is 0 Å². The van der Waals surface area contributed by atoms with E-state index in [-0.39, 0.29) is 11.4 Å². The Morgan fingerprint density at radius 2 is 2.09 bits per heavy atom. The molecule has 0 amide bonds. The summed E-state index contributed by atoms with van der Waals surface area (Å²) in [5.74, 6) is 0. The lowest BCUT2D eigenvalue weighted by molar-refractivity contribution is 0.370. The zero-order valence-electron chi connectivity index (χ0n) is 13.2. The van der Waals surface area contributed by atoms with Crippen LogP contribution in [0.3, 0.4) is 0 Å². The third-order valence-corrected chi connectivity index (χ3v) is 5.56. The minimum absolute atomic E-state index is 0.188. The Kier molecular flexibility index (Phi) is 5.32. The Morgan fingerprint density at radius 3 is 2.68 bits per heavy atom. The van der Waals surface area contributed by atoms with Crippen molar-refractivity contribution >= 4 is 21.4 Å². The van der Waals surface area contributed by atoms with Crippen LogP contribution in [-0.4, -0.2) is 48.7 Å². The van der Waals surface area contributed by atoms with Crippen molar-refractivity contribution in [3.05, 3.63) is 28.0 Å². The second-order valence-electron chi connectivity index (χ2n) is 5.33. The van der Waals surface area contributed by atoms with Crippen LogP contribution >= 0.6 is 11.3 Å². The topological polar surface area (TPSA) is 80.1 Å². The van der Waals surface area contributed by atoms with E-state index in [2.05, 4.69) is 14.8 Å². The van der Waals surface area contributed by atoms with Crippen molar-refractivity contribution in [3.8, 4) is 0 Å². The van der Waals surface area contributed by atoms with Gasteiger partial charge in [-0.3, -0.25) is 4.68 Å². The van der Waals surface area contributed by atoms with Crippen molar-refractivity contribution in [2.75, 3.05) is 20.6 Å². The number of rotatable bonds is 7. The van der Waals surface area contributed by atoms with E-state index in [1.165, 1.54) is 11.3 Å². The summed E-state index contributed by atoms with van der Waals surface area (Å²) in [6, 6.07) is 0. The number of nitrogens with one attached hydrogen (secondary N) is 1. The van der Waals surface area contributed by atoms with Crippen LogP contribution < -0.4 is 4.72 Å². The highest BCUT2D eigenvalue weighted by Gasteiger charge is 2.24. The zero-order chi connectivity index (χ0) is 16.3. The standard InChI is InChI=1S/C13H21N5O2S2/c1-10-13(11(2)18(16-10)6-5-17(3)4)22(19,20)15-7-12-8-21-9-14-12/h8-9,15H,5-7H2,1-4H3. The quantitative estimate of drug-likeness (QED) is 0.811. The van der Waals surface area contributed by atoms with E-state index < -0.39 is 10.0 Å². The van der Waals surface area contributed by atoms with Crippen LogP contribution in [0.4, 0.5) is 0 Å². The van der Waals surface area contributed by atoms with Crippen molar-refractivity contribution in [1.29, 1.82) is 0 Å². The molecular formula is C13H21N5O2S2. The minimum atomic E-state index is -3.60. The third-order valence-electron chi connectivity index (χ3n) is 3.27. The lowest BCUT2D eigenvalue weighted by Crippen LogP contribution is -2.25. The van der Waals surface area contributed by atoms with E-state index in [0.717, 1.165) is 6.54 Å². The highest BCUT2D eigenvalue weighted by atomic mass is 32.2. The van der Waals surface area contributed by atoms with E-state index in [0.29, 0.717) is 23.6 Å². The van der Waals surface area contributed by atoms with Crippen molar-refractivity contribution in [1.82, 2.24) is 24.4 Å². The van der Waals surface area contributed by atoms with Gasteiger partial charge in [0.1, 0.15) is 4.90 Å². The summed E-state index contributed by atoms with van der Waals surface area (Å²) < 4.78 is 29.4. The molecule has 2 rings (SSSR count). The van der Waals surface area contributed by atoms with Gasteiger partial charge in [-0.15, -0.1) is 11.3 Å². The first-order valence-electron chi connectivity index (χ1n) is 6.86. The largest absolute Gasteiger partial charge is 0.308 e. The molecule has 2 aromatic heterocycles. The molecule has 0 bridgehead atoms. The van der Waals surface area contributed by atoms with Gasteiger partial charge in [0.05, 0.1) is 35.7 Å². The maximum absolute atomic E-state index is 12.5. The van der Waals surface area contributed by atoms with Gasteiger partial charge >= 0.3 is 0 Å². The number of nitrogens with zero attached hydrogens (tertiary/aromatic N) is 4. The molecule has 0 saturated carbocycles. The maximum atomic E-state index is 12.5. The summed E-state index contributed by atoms with van der Waals surface area (Å²) in [5.41, 5.74) is 3.57. The molecule has 9 heteroatoms. The van der Waals surface area contributed by atoms with Crippen LogP contribution in [0.25, 0.3) is 0 Å². The predicted octanol–water partition coefficient (Wildman–Crippen LogP) is 0.997. The molecule has 0 aliphatic heterocycles. The Labute approximate surface area is 135 Å². The Hall–Kier alpha value is -1.29. The van der Waals surface area contributed by atoms with Crippen LogP contribution in [-0.2, 0) is 23.1 Å². The number of hydrogen-bond donors (Lipinski definition) is 1. The zero-order valence-corrected chi connectivity index (χ0v) is 14.8. The van der Waals surface area contributed by atoms with Crippen molar-refractivity contribution in [2.45, 2.75) is 31.8 Å². The normalized spacial score (nSPS) is 12.2. The van der Waals surface area contributed by atoms with Crippen molar-refractivity contribution in [3.63, 3.8) is 0 Å². The molecule has 0 saturated heterocycles. The van der Waals surface area contributed by atoms with Crippen LogP contribution in [0.15, 0.2) is 15.8 Å². The molecule has 0 aromatic carbocycles. The van der Waals surface area contributed by atoms with Gasteiger partial charge in [0.2, 0.25) is 10.0 Å². The Morgan fingerprint density at radius 1 is 1.36 bits per heavy atom. The number of hydrogen-bond acceptors (Lipinski definition) is 6. The average molecular weight is 343 g/mol. The summed E-state index contributed by atoms with van der Waals surface area (Å²) in [5, 5.41) is 6.17. The molecule has 0 aliphatic carbocycles. The first-order valence-corrected chi connectivity index (χ1v) is 9.29. The molecule has 2 heterocycles. The molecule has 7 nitrogen and oxygen atoms in total. The summed E-state index contributed by atoms with van der Waals surface area (Å²) in [6.07, 6.45) is 0. The highest BCUT2D eigenvalue weighted by Crippen LogP contribution is 2.19. The number of likely N-dealkylation sites (N-methyl/N-ethyl adjacent to an activating group) is 1. The van der Waals surface area contributed by atoms with Gasteiger partial charge in [-0.1, -0.05) is 0 Å². The van der Waals surface area contributed by atoms with Crippen molar-refractivity contribution in [2.24, 2.45) is 0 Å². The average Bonchev–Trinajstić information content (AvgIpc) is 3.02. The first kappa shape index (κ1) is 17.1. The van der Waals surface area contributed by atoms with Crippen molar-refractivity contribution < 1.29 is 8.42 Å². The van der Waals surface area contributed by atoms with Gasteiger partial charge in [-0.25, -0.2) is 18.1 Å². The number of aromatic nitrogens is 3. The number of thiazole rings is 1. The molecular weight excluding hydrogens is 322 g/mol. The molecule has 0 fully saturated rings. The van der Waals surface area contributed by atoms with Crippen LogP contribution in [0.2, 0.25) is 0 Å². The van der Waals surface area contributed by atoms with Crippen LogP contribution in [0, 0.1) is 13.8 Å². The number of sulfonamides is 1. The molecule has 0 spiro atoms. The van der Waals surface area contributed by atoms with E-state index in [1.807, 2.05) is 24.4 Å². The lowest BCUT2D eigenvalue weighted by Gasteiger charge is -2.11. The van der Waals surface area contributed by atoms with Gasteiger partial charge in [-0.2, -0.15) is 5.10 Å². The molecule has 0 radical (unpaired) electrons. The highest BCUT2D eigenvalue weighted by molar-refractivity contribution is 7.89. The van der Waals surface area contributed by atoms with Gasteiger partial charge in [-0.05, 0) is 27.9 Å². The number of aryl methyl sites for hydroxylation is 1. The van der Waals surface area contributed by atoms with E-state index >= 15 is 0 Å². The van der Waals surface area contributed by atoms with Gasteiger partial charge in [0, 0.05) is 11.9 Å². The van der Waals surface area contributed by atoms with E-state index in [1.54, 1.807) is 24.0 Å². The predicted molar refractivity (Wildman–Crippen MR) is 86.4 cm³/mol. The molecule has 1 N–H and O–H groups in total. The fraction of sp³-hybridized carbons (Fsp3) is 0.538. The monoisotopic (exact) mass is 343 g/mol. The lowest BCUT2D eigenvalue weighted by atomic mass is 10.4. The van der Waals surface area contributed by atoms with Gasteiger partial charge in [0.25, 0.3) is 0 Å². The van der Waals surface area contributed by atoms with Crippen LogP contribution in [0.5, 0.6) is 0 Å². The van der Waals surface area contributed by atoms with Gasteiger partial charge in [0.15, 0.2) is 0 Å². The molecule has 122 valence electrons. The molecule has 0 unspecified atom stereocenters.